The number of aromatic nitrogens is 5. The predicted octanol–water partition coefficient (Wildman–Crippen LogP) is 5.38. The van der Waals surface area contributed by atoms with E-state index >= 15 is 0 Å². The number of aliphatic carboxylic acids is 1. The lowest BCUT2D eigenvalue weighted by Crippen LogP contribution is -2.40. The summed E-state index contributed by atoms with van der Waals surface area (Å²) >= 11 is 0. The average molecular weight is 531 g/mol. The van der Waals surface area contributed by atoms with Crippen LogP contribution in [0.4, 0.5) is 5.82 Å². The minimum Gasteiger partial charge on any atom is -0.479 e. The fourth-order valence-corrected chi connectivity index (χ4v) is 5.12. The summed E-state index contributed by atoms with van der Waals surface area (Å²) in [6.07, 6.45) is 3.43. The van der Waals surface area contributed by atoms with Gasteiger partial charge in [-0.15, -0.1) is 5.10 Å². The minimum absolute atomic E-state index is 0.228. The molecular formula is C30H38N6O3. The standard InChI is InChI=1S/C30H38N6O3/c1-20-25(26(28(37)38)39-29(2,3)4)27(34-16-13-30(5,6)14-17-34)36-23(31-20)19-24(33-36)35-15-12-22(32-35)18-21-10-8-7-9-11-21/h7-12,15,19,26H,13-14,16-18H2,1-6H3,(H,37,38). The second-order valence-electron chi connectivity index (χ2n) is 12.2. The van der Waals surface area contributed by atoms with E-state index < -0.39 is 17.7 Å². The Hall–Kier alpha value is -3.72. The van der Waals surface area contributed by atoms with Crippen LogP contribution in [0.15, 0.2) is 48.7 Å². The number of hydrogen-bond acceptors (Lipinski definition) is 6. The van der Waals surface area contributed by atoms with Crippen molar-refractivity contribution in [2.45, 2.75) is 72.5 Å². The molecule has 1 N–H and O–H groups in total. The first kappa shape index (κ1) is 26.9. The lowest BCUT2D eigenvalue weighted by atomic mass is 9.82. The second-order valence-corrected chi connectivity index (χ2v) is 12.2. The molecule has 206 valence electrons. The number of fused-ring (bicyclic) bond motifs is 1. The number of ether oxygens (including phenoxy) is 1. The van der Waals surface area contributed by atoms with Crippen LogP contribution in [-0.4, -0.2) is 54.1 Å². The molecular weight excluding hydrogens is 492 g/mol. The molecule has 1 saturated heterocycles. The monoisotopic (exact) mass is 530 g/mol. The molecule has 1 aliphatic heterocycles. The first-order valence-electron chi connectivity index (χ1n) is 13.5. The number of nitrogens with zero attached hydrogens (tertiary/aromatic N) is 6. The number of piperidine rings is 1. The van der Waals surface area contributed by atoms with E-state index in [-0.39, 0.29) is 5.41 Å². The fraction of sp³-hybridized carbons (Fsp3) is 0.467. The van der Waals surface area contributed by atoms with Crippen LogP contribution in [0.1, 0.15) is 76.1 Å². The molecule has 0 amide bonds. The van der Waals surface area contributed by atoms with Crippen molar-refractivity contribution in [1.82, 2.24) is 24.4 Å². The molecule has 0 bridgehead atoms. The Balaban J connectivity index is 1.61. The van der Waals surface area contributed by atoms with Crippen LogP contribution in [0.3, 0.4) is 0 Å². The third kappa shape index (κ3) is 5.83. The quantitative estimate of drug-likeness (QED) is 0.342. The molecule has 0 radical (unpaired) electrons. The van der Waals surface area contributed by atoms with E-state index in [9.17, 15) is 9.90 Å². The van der Waals surface area contributed by atoms with Gasteiger partial charge in [-0.25, -0.2) is 14.5 Å². The second kappa shape index (κ2) is 10.1. The van der Waals surface area contributed by atoms with Crippen molar-refractivity contribution < 1.29 is 14.6 Å². The molecule has 1 aliphatic rings. The summed E-state index contributed by atoms with van der Waals surface area (Å²) in [6, 6.07) is 14.1. The summed E-state index contributed by atoms with van der Waals surface area (Å²) in [5, 5.41) is 20.0. The van der Waals surface area contributed by atoms with Gasteiger partial charge in [-0.3, -0.25) is 0 Å². The van der Waals surface area contributed by atoms with Crippen molar-refractivity contribution in [3.63, 3.8) is 0 Å². The van der Waals surface area contributed by atoms with Gasteiger partial charge in [-0.1, -0.05) is 44.2 Å². The maximum atomic E-state index is 12.6. The van der Waals surface area contributed by atoms with Gasteiger partial charge in [-0.05, 0) is 57.6 Å². The smallest absolute Gasteiger partial charge is 0.337 e. The number of aryl methyl sites for hydroxylation is 1. The normalized spacial score (nSPS) is 16.5. The highest BCUT2D eigenvalue weighted by atomic mass is 16.5. The Morgan fingerprint density at radius 1 is 1.10 bits per heavy atom. The van der Waals surface area contributed by atoms with Gasteiger partial charge in [-0.2, -0.15) is 9.61 Å². The SMILES string of the molecule is Cc1nc2cc(-n3ccc(Cc4ccccc4)n3)nn2c(N2CCC(C)(C)CC2)c1C(OC(C)(C)C)C(=O)O. The number of carbonyl (C=O) groups is 1. The summed E-state index contributed by atoms with van der Waals surface area (Å²) in [5.74, 6) is 0.311. The predicted molar refractivity (Wildman–Crippen MR) is 151 cm³/mol. The topological polar surface area (TPSA) is 97.8 Å². The zero-order chi connectivity index (χ0) is 27.9. The molecule has 0 spiro atoms. The van der Waals surface area contributed by atoms with Gasteiger partial charge >= 0.3 is 5.97 Å². The summed E-state index contributed by atoms with van der Waals surface area (Å²) in [4.78, 5) is 19.6. The van der Waals surface area contributed by atoms with Crippen LogP contribution in [0.5, 0.6) is 0 Å². The lowest BCUT2D eigenvalue weighted by Gasteiger charge is -2.39. The van der Waals surface area contributed by atoms with E-state index in [4.69, 9.17) is 19.9 Å². The van der Waals surface area contributed by atoms with Gasteiger partial charge in [0.2, 0.25) is 0 Å². The third-order valence-corrected chi connectivity index (χ3v) is 7.27. The van der Waals surface area contributed by atoms with Crippen molar-refractivity contribution in [3.05, 3.63) is 71.2 Å². The Kier molecular flexibility index (Phi) is 6.97. The highest BCUT2D eigenvalue weighted by Crippen LogP contribution is 2.38. The lowest BCUT2D eigenvalue weighted by molar-refractivity contribution is -0.160. The van der Waals surface area contributed by atoms with Gasteiger partial charge in [0, 0.05) is 37.5 Å². The molecule has 39 heavy (non-hydrogen) atoms. The van der Waals surface area contributed by atoms with Crippen LogP contribution < -0.4 is 4.90 Å². The highest BCUT2D eigenvalue weighted by Gasteiger charge is 2.36. The van der Waals surface area contributed by atoms with Crippen LogP contribution >= 0.6 is 0 Å². The number of anilines is 1. The van der Waals surface area contributed by atoms with E-state index in [1.165, 1.54) is 5.56 Å². The zero-order valence-electron chi connectivity index (χ0n) is 23.7. The summed E-state index contributed by atoms with van der Waals surface area (Å²) in [7, 11) is 0. The van der Waals surface area contributed by atoms with Gasteiger partial charge in [0.1, 0.15) is 5.82 Å². The summed E-state index contributed by atoms with van der Waals surface area (Å²) in [6.45, 7) is 13.6. The third-order valence-electron chi connectivity index (χ3n) is 7.27. The number of rotatable bonds is 7. The average Bonchev–Trinajstić information content (AvgIpc) is 3.49. The Labute approximate surface area is 229 Å². The largest absolute Gasteiger partial charge is 0.479 e. The number of carboxylic acid groups (broad SMARTS) is 1. The van der Waals surface area contributed by atoms with Crippen molar-refractivity contribution >= 4 is 17.4 Å². The molecule has 1 unspecified atom stereocenters. The van der Waals surface area contributed by atoms with Crippen molar-refractivity contribution in [1.29, 1.82) is 0 Å². The first-order valence-corrected chi connectivity index (χ1v) is 13.5. The van der Waals surface area contributed by atoms with Gasteiger partial charge < -0.3 is 14.7 Å². The van der Waals surface area contributed by atoms with Gasteiger partial charge in [0.25, 0.3) is 0 Å². The number of benzene rings is 1. The van der Waals surface area contributed by atoms with E-state index in [1.807, 2.05) is 64.2 Å². The molecule has 1 aromatic carbocycles. The molecule has 5 rings (SSSR count). The summed E-state index contributed by atoms with van der Waals surface area (Å²) in [5.41, 5.74) is 3.50. The maximum absolute atomic E-state index is 12.6. The molecule has 0 aliphatic carbocycles. The van der Waals surface area contributed by atoms with Crippen LogP contribution in [0.2, 0.25) is 0 Å². The highest BCUT2D eigenvalue weighted by molar-refractivity contribution is 5.78. The van der Waals surface area contributed by atoms with E-state index in [0.717, 1.165) is 43.9 Å². The van der Waals surface area contributed by atoms with Crippen LogP contribution in [0.25, 0.3) is 11.5 Å². The summed E-state index contributed by atoms with van der Waals surface area (Å²) < 4.78 is 9.64. The number of carboxylic acids is 1. The molecule has 9 nitrogen and oxygen atoms in total. The van der Waals surface area contributed by atoms with Crippen LogP contribution in [-0.2, 0) is 16.0 Å². The first-order chi connectivity index (χ1) is 18.4. The fourth-order valence-electron chi connectivity index (χ4n) is 5.12. The Morgan fingerprint density at radius 2 is 1.79 bits per heavy atom. The van der Waals surface area contributed by atoms with Gasteiger partial charge in [0.15, 0.2) is 17.6 Å². The van der Waals surface area contributed by atoms with Crippen molar-refractivity contribution in [2.24, 2.45) is 5.41 Å². The molecule has 4 heterocycles. The Bertz CT molecular complexity index is 1470. The Morgan fingerprint density at radius 3 is 2.44 bits per heavy atom. The minimum atomic E-state index is -1.18. The zero-order valence-corrected chi connectivity index (χ0v) is 23.7. The molecule has 3 aromatic heterocycles. The van der Waals surface area contributed by atoms with E-state index in [0.29, 0.717) is 22.7 Å². The molecule has 4 aromatic rings. The van der Waals surface area contributed by atoms with Gasteiger partial charge in [0.05, 0.1) is 16.9 Å². The molecule has 0 saturated carbocycles. The van der Waals surface area contributed by atoms with E-state index in [2.05, 4.69) is 30.9 Å². The molecule has 1 fully saturated rings. The number of hydrogen-bond donors (Lipinski definition) is 1. The van der Waals surface area contributed by atoms with Crippen LogP contribution in [0, 0.1) is 12.3 Å². The van der Waals surface area contributed by atoms with E-state index in [1.54, 1.807) is 9.20 Å². The maximum Gasteiger partial charge on any atom is 0.337 e. The van der Waals surface area contributed by atoms with Crippen molar-refractivity contribution in [2.75, 3.05) is 18.0 Å². The van der Waals surface area contributed by atoms with Crippen molar-refractivity contribution in [3.8, 4) is 5.82 Å². The molecule has 9 heteroatoms. The molecule has 1 atom stereocenters.